The van der Waals surface area contributed by atoms with E-state index in [0.29, 0.717) is 18.2 Å². The number of likely N-dealkylation sites (tertiary alicyclic amines) is 1. The van der Waals surface area contributed by atoms with Gasteiger partial charge < -0.3 is 14.4 Å². The summed E-state index contributed by atoms with van der Waals surface area (Å²) in [5.74, 6) is -1.08. The summed E-state index contributed by atoms with van der Waals surface area (Å²) in [5, 5.41) is 0.439. The summed E-state index contributed by atoms with van der Waals surface area (Å²) in [6.45, 7) is 4.39. The second kappa shape index (κ2) is 11.4. The van der Waals surface area contributed by atoms with Gasteiger partial charge in [0.1, 0.15) is 11.6 Å². The van der Waals surface area contributed by atoms with Crippen LogP contribution in [0.2, 0.25) is 0 Å². The number of hydrogen-bond acceptors (Lipinski definition) is 7. The van der Waals surface area contributed by atoms with E-state index >= 15 is 0 Å². The number of Topliss-reactive ketones (excluding diaryl/α,β-unsaturated/α-hetero) is 1. The number of nitrogens with zero attached hydrogens (tertiary/aromatic N) is 3. The number of carbonyl (C=O) groups is 3. The molecule has 0 aliphatic carbocycles. The Hall–Kier alpha value is -2.81. The molecule has 1 fully saturated rings. The van der Waals surface area contributed by atoms with Crippen LogP contribution in [0.15, 0.2) is 35.6 Å². The van der Waals surface area contributed by atoms with Crippen molar-refractivity contribution >= 4 is 29.4 Å². The average Bonchev–Trinajstić information content (AvgIpc) is 2.82. The maximum absolute atomic E-state index is 13.5. The van der Waals surface area contributed by atoms with Gasteiger partial charge in [0.15, 0.2) is 5.16 Å². The van der Waals surface area contributed by atoms with Crippen LogP contribution < -0.4 is 0 Å². The van der Waals surface area contributed by atoms with Gasteiger partial charge in [-0.25, -0.2) is 14.4 Å². The Morgan fingerprint density at radius 3 is 2.67 bits per heavy atom. The number of halogens is 1. The summed E-state index contributed by atoms with van der Waals surface area (Å²) in [4.78, 5) is 46.9. The molecule has 3 rings (SSSR count). The van der Waals surface area contributed by atoms with Crippen LogP contribution in [-0.4, -0.2) is 58.5 Å². The van der Waals surface area contributed by atoms with Crippen molar-refractivity contribution in [1.82, 2.24) is 14.9 Å². The maximum atomic E-state index is 13.5. The first kappa shape index (κ1) is 24.8. The van der Waals surface area contributed by atoms with E-state index < -0.39 is 0 Å². The van der Waals surface area contributed by atoms with Gasteiger partial charge in [-0.2, -0.15) is 0 Å². The number of benzene rings is 1. The lowest BCUT2D eigenvalue weighted by atomic mass is 9.89. The molecular weight excluding hydrogens is 445 g/mol. The van der Waals surface area contributed by atoms with Crippen LogP contribution in [0.4, 0.5) is 4.39 Å². The third-order valence-electron chi connectivity index (χ3n) is 5.63. The van der Waals surface area contributed by atoms with Crippen molar-refractivity contribution in [3.8, 4) is 11.1 Å². The zero-order chi connectivity index (χ0) is 24.0. The Morgan fingerprint density at radius 1 is 1.27 bits per heavy atom. The molecule has 33 heavy (non-hydrogen) atoms. The quantitative estimate of drug-likeness (QED) is 0.327. The normalized spacial score (nSPS) is 16.8. The molecule has 176 valence electrons. The molecule has 1 aliphatic rings. The van der Waals surface area contributed by atoms with Crippen molar-refractivity contribution in [2.24, 2.45) is 5.92 Å². The number of hydrogen-bond donors (Lipinski definition) is 0. The maximum Gasteiger partial charge on any atom is 0.316 e. The smallest absolute Gasteiger partial charge is 0.316 e. The summed E-state index contributed by atoms with van der Waals surface area (Å²) in [6, 6.07) is 6.14. The molecule has 0 unspecified atom stereocenters. The molecule has 1 aliphatic heterocycles. The number of piperidine rings is 1. The zero-order valence-corrected chi connectivity index (χ0v) is 19.9. The molecule has 7 nitrogen and oxygen atoms in total. The Balaban J connectivity index is 1.90. The molecule has 0 radical (unpaired) electrons. The van der Waals surface area contributed by atoms with E-state index in [0.717, 1.165) is 29.7 Å². The van der Waals surface area contributed by atoms with E-state index in [1.54, 1.807) is 30.2 Å². The fourth-order valence-corrected chi connectivity index (χ4v) is 4.68. The first-order valence-corrected chi connectivity index (χ1v) is 11.9. The van der Waals surface area contributed by atoms with Crippen LogP contribution in [0.3, 0.4) is 0 Å². The molecule has 0 saturated carbocycles. The first-order valence-electron chi connectivity index (χ1n) is 10.9. The number of amides is 1. The summed E-state index contributed by atoms with van der Waals surface area (Å²) in [7, 11) is 1.33. The number of methoxy groups -OCH3 is 1. The predicted molar refractivity (Wildman–Crippen MR) is 123 cm³/mol. The number of ether oxygens (including phenoxy) is 1. The molecule has 1 saturated heterocycles. The second-order valence-corrected chi connectivity index (χ2v) is 9.20. The minimum atomic E-state index is -0.373. The third kappa shape index (κ3) is 6.60. The fraction of sp³-hybridized carbons (Fsp3) is 0.458. The highest BCUT2D eigenvalue weighted by atomic mass is 32.2. The standard InChI is InChI=1S/C24H28FN3O4S/c1-15(11-16(2)29)23(31)28-10-4-5-18(13-28)22-20(17-6-8-19(25)9-7-17)12-26-24(27-22)33-14-21(30)32-3/h6-9,12,15,18H,4-5,10-11,13-14H2,1-3H3/t15-,18-/m0/s1. The second-order valence-electron chi connectivity index (χ2n) is 8.25. The highest BCUT2D eigenvalue weighted by Gasteiger charge is 2.30. The van der Waals surface area contributed by atoms with Gasteiger partial charge in [-0.3, -0.25) is 9.59 Å². The van der Waals surface area contributed by atoms with E-state index in [2.05, 4.69) is 4.98 Å². The molecule has 1 amide bonds. The topological polar surface area (TPSA) is 89.5 Å². The number of aromatic nitrogens is 2. The summed E-state index contributed by atoms with van der Waals surface area (Å²) >= 11 is 1.18. The average molecular weight is 474 g/mol. The van der Waals surface area contributed by atoms with Crippen LogP contribution in [-0.2, 0) is 19.1 Å². The van der Waals surface area contributed by atoms with Crippen molar-refractivity contribution in [3.05, 3.63) is 42.0 Å². The van der Waals surface area contributed by atoms with Crippen molar-refractivity contribution in [2.75, 3.05) is 26.0 Å². The first-order chi connectivity index (χ1) is 15.8. The lowest BCUT2D eigenvalue weighted by Gasteiger charge is -2.34. The highest BCUT2D eigenvalue weighted by Crippen LogP contribution is 2.34. The summed E-state index contributed by atoms with van der Waals surface area (Å²) in [5.41, 5.74) is 2.32. The lowest BCUT2D eigenvalue weighted by molar-refractivity contribution is -0.138. The van der Waals surface area contributed by atoms with Gasteiger partial charge in [0.2, 0.25) is 5.91 Å². The van der Waals surface area contributed by atoms with Crippen LogP contribution in [0, 0.1) is 11.7 Å². The van der Waals surface area contributed by atoms with Crippen molar-refractivity contribution in [2.45, 2.75) is 44.2 Å². The molecule has 0 bridgehead atoms. The van der Waals surface area contributed by atoms with Gasteiger partial charge in [-0.15, -0.1) is 0 Å². The summed E-state index contributed by atoms with van der Waals surface area (Å²) in [6.07, 6.45) is 3.55. The SMILES string of the molecule is COC(=O)CSc1ncc(-c2ccc(F)cc2)c([C@H]2CCCN(C(=O)[C@@H](C)CC(C)=O)C2)n1. The minimum absolute atomic E-state index is 0.00826. The zero-order valence-electron chi connectivity index (χ0n) is 19.0. The van der Waals surface area contributed by atoms with Gasteiger partial charge in [-0.05, 0) is 37.5 Å². The molecule has 2 atom stereocenters. The molecule has 9 heteroatoms. The number of ketones is 1. The third-order valence-corrected chi connectivity index (χ3v) is 6.47. The monoisotopic (exact) mass is 473 g/mol. The molecule has 1 aromatic carbocycles. The van der Waals surface area contributed by atoms with Gasteiger partial charge >= 0.3 is 5.97 Å². The number of thioether (sulfide) groups is 1. The largest absolute Gasteiger partial charge is 0.468 e. The van der Waals surface area contributed by atoms with Crippen LogP contribution >= 0.6 is 11.8 Å². The Bertz CT molecular complexity index is 1020. The minimum Gasteiger partial charge on any atom is -0.468 e. The van der Waals surface area contributed by atoms with Gasteiger partial charge in [0.25, 0.3) is 0 Å². The fourth-order valence-electron chi connectivity index (χ4n) is 4.02. The molecule has 0 spiro atoms. The van der Waals surface area contributed by atoms with Crippen LogP contribution in [0.1, 0.15) is 44.7 Å². The Labute approximate surface area is 197 Å². The number of rotatable bonds is 8. The van der Waals surface area contributed by atoms with E-state index in [1.807, 2.05) is 0 Å². The van der Waals surface area contributed by atoms with E-state index in [1.165, 1.54) is 37.9 Å². The molecule has 0 N–H and O–H groups in total. The van der Waals surface area contributed by atoms with E-state index in [4.69, 9.17) is 9.72 Å². The Morgan fingerprint density at radius 2 is 2.00 bits per heavy atom. The highest BCUT2D eigenvalue weighted by molar-refractivity contribution is 7.99. The molecular formula is C24H28FN3O4S. The van der Waals surface area contributed by atoms with Crippen molar-refractivity contribution < 1.29 is 23.5 Å². The number of carbonyl (C=O) groups excluding carboxylic acids is 3. The Kier molecular flexibility index (Phi) is 8.55. The van der Waals surface area contributed by atoms with Gasteiger partial charge in [0, 0.05) is 43.1 Å². The molecule has 2 heterocycles. The number of esters is 1. The van der Waals surface area contributed by atoms with Gasteiger partial charge in [-0.1, -0.05) is 30.8 Å². The van der Waals surface area contributed by atoms with E-state index in [-0.39, 0.29) is 47.5 Å². The van der Waals surface area contributed by atoms with Crippen LogP contribution in [0.25, 0.3) is 11.1 Å². The van der Waals surface area contributed by atoms with E-state index in [9.17, 15) is 18.8 Å². The predicted octanol–water partition coefficient (Wildman–Crippen LogP) is 3.87. The summed E-state index contributed by atoms with van der Waals surface area (Å²) < 4.78 is 18.2. The van der Waals surface area contributed by atoms with Crippen LogP contribution in [0.5, 0.6) is 0 Å². The molecule has 1 aromatic heterocycles. The van der Waals surface area contributed by atoms with Gasteiger partial charge in [0.05, 0.1) is 18.6 Å². The van der Waals surface area contributed by atoms with Crippen molar-refractivity contribution in [3.63, 3.8) is 0 Å². The lowest BCUT2D eigenvalue weighted by Crippen LogP contribution is -2.42. The molecule has 2 aromatic rings. The van der Waals surface area contributed by atoms with Crippen molar-refractivity contribution in [1.29, 1.82) is 0 Å².